The zero-order valence-corrected chi connectivity index (χ0v) is 11.8. The topological polar surface area (TPSA) is 87.2 Å². The van der Waals surface area contributed by atoms with E-state index < -0.39 is 5.76 Å². The summed E-state index contributed by atoms with van der Waals surface area (Å²) in [7, 11) is 0. The van der Waals surface area contributed by atoms with Gasteiger partial charge in [0.05, 0.1) is 11.8 Å². The van der Waals surface area contributed by atoms with Gasteiger partial charge >= 0.3 is 5.76 Å². The molecule has 110 valence electrons. The predicted octanol–water partition coefficient (Wildman–Crippen LogP) is 2.94. The summed E-state index contributed by atoms with van der Waals surface area (Å²) in [6.07, 6.45) is 1.51. The van der Waals surface area contributed by atoms with Crippen molar-refractivity contribution in [3.8, 4) is 11.7 Å². The highest BCUT2D eigenvalue weighted by atomic mass is 35.5. The van der Waals surface area contributed by atoms with Crippen molar-refractivity contribution in [1.29, 1.82) is 0 Å². The largest absolute Gasteiger partial charge is 0.459 e. The highest BCUT2D eigenvalue weighted by Crippen LogP contribution is 2.21. The minimum atomic E-state index is -0.519. The lowest BCUT2D eigenvalue weighted by atomic mass is 10.3. The highest BCUT2D eigenvalue weighted by Gasteiger charge is 2.15. The maximum absolute atomic E-state index is 11.9. The summed E-state index contributed by atoms with van der Waals surface area (Å²) in [5, 5.41) is 8.29. The number of aromatic nitrogens is 3. The Morgan fingerprint density at radius 2 is 2.09 bits per heavy atom. The van der Waals surface area contributed by atoms with Crippen molar-refractivity contribution >= 4 is 22.7 Å². The Hall–Kier alpha value is -2.80. The van der Waals surface area contributed by atoms with Crippen LogP contribution in [-0.2, 0) is 6.54 Å². The van der Waals surface area contributed by atoms with Crippen molar-refractivity contribution in [3.05, 3.63) is 58.1 Å². The summed E-state index contributed by atoms with van der Waals surface area (Å²) >= 11 is 5.88. The SMILES string of the molecule is O=c1oc2cc(Cl)ccc2n1Cc1nnc(-c2ccco2)o1. The van der Waals surface area contributed by atoms with E-state index in [-0.39, 0.29) is 18.3 Å². The molecule has 7 nitrogen and oxygen atoms in total. The van der Waals surface area contributed by atoms with Crippen LogP contribution < -0.4 is 5.76 Å². The Kier molecular flexibility index (Phi) is 2.87. The van der Waals surface area contributed by atoms with Crippen LogP contribution in [0.3, 0.4) is 0 Å². The Morgan fingerprint density at radius 1 is 1.18 bits per heavy atom. The van der Waals surface area contributed by atoms with E-state index in [1.807, 2.05) is 0 Å². The standard InChI is InChI=1S/C14H8ClN3O4/c15-8-3-4-9-11(6-8)21-14(19)18(9)7-12-16-17-13(22-12)10-2-1-5-20-10/h1-6H,7H2. The number of halogens is 1. The number of rotatable bonds is 3. The number of benzene rings is 1. The summed E-state index contributed by atoms with van der Waals surface area (Å²) in [4.78, 5) is 11.9. The van der Waals surface area contributed by atoms with E-state index in [9.17, 15) is 4.79 Å². The van der Waals surface area contributed by atoms with Crippen LogP contribution in [0.25, 0.3) is 22.8 Å². The second kappa shape index (κ2) is 4.88. The molecular formula is C14H8ClN3O4. The van der Waals surface area contributed by atoms with Gasteiger partial charge in [0.2, 0.25) is 5.89 Å². The molecule has 0 atom stereocenters. The molecule has 0 aliphatic rings. The normalized spacial score (nSPS) is 11.3. The van der Waals surface area contributed by atoms with Gasteiger partial charge in [-0.15, -0.1) is 10.2 Å². The molecule has 4 rings (SSSR count). The Labute approximate surface area is 127 Å². The fraction of sp³-hybridized carbons (Fsp3) is 0.0714. The van der Waals surface area contributed by atoms with Gasteiger partial charge in [0.25, 0.3) is 5.89 Å². The van der Waals surface area contributed by atoms with Gasteiger partial charge in [0, 0.05) is 11.1 Å². The van der Waals surface area contributed by atoms with Gasteiger partial charge in [-0.05, 0) is 24.3 Å². The molecule has 0 radical (unpaired) electrons. The maximum atomic E-state index is 11.9. The smallest absolute Gasteiger partial charge is 0.420 e. The quantitative estimate of drug-likeness (QED) is 0.577. The molecule has 0 N–H and O–H groups in total. The van der Waals surface area contributed by atoms with Crippen molar-refractivity contribution in [1.82, 2.24) is 14.8 Å². The van der Waals surface area contributed by atoms with Crippen LogP contribution in [0.2, 0.25) is 5.02 Å². The minimum Gasteiger partial charge on any atom is -0.459 e. The van der Waals surface area contributed by atoms with E-state index >= 15 is 0 Å². The molecule has 4 aromatic rings. The van der Waals surface area contributed by atoms with Crippen molar-refractivity contribution in [2.45, 2.75) is 6.54 Å². The van der Waals surface area contributed by atoms with E-state index in [1.54, 1.807) is 30.3 Å². The summed E-state index contributed by atoms with van der Waals surface area (Å²) in [5.74, 6) is 0.472. The number of fused-ring (bicyclic) bond motifs is 1. The molecule has 0 bridgehead atoms. The van der Waals surface area contributed by atoms with E-state index in [0.717, 1.165) is 0 Å². The van der Waals surface area contributed by atoms with Crippen molar-refractivity contribution in [2.75, 3.05) is 0 Å². The molecule has 22 heavy (non-hydrogen) atoms. The summed E-state index contributed by atoms with van der Waals surface area (Å²) in [6, 6.07) is 8.39. The highest BCUT2D eigenvalue weighted by molar-refractivity contribution is 6.31. The van der Waals surface area contributed by atoms with Crippen molar-refractivity contribution in [3.63, 3.8) is 0 Å². The fourth-order valence-electron chi connectivity index (χ4n) is 2.14. The molecule has 0 spiro atoms. The Balaban J connectivity index is 1.72. The fourth-order valence-corrected chi connectivity index (χ4v) is 2.30. The van der Waals surface area contributed by atoms with E-state index in [1.165, 1.54) is 10.8 Å². The lowest BCUT2D eigenvalue weighted by molar-refractivity contribution is 0.451. The van der Waals surface area contributed by atoms with Crippen LogP contribution in [-0.4, -0.2) is 14.8 Å². The maximum Gasteiger partial charge on any atom is 0.420 e. The molecule has 1 aromatic carbocycles. The number of furan rings is 1. The Morgan fingerprint density at radius 3 is 2.91 bits per heavy atom. The zero-order chi connectivity index (χ0) is 15.1. The van der Waals surface area contributed by atoms with E-state index in [0.29, 0.717) is 21.9 Å². The van der Waals surface area contributed by atoms with Crippen LogP contribution in [0.5, 0.6) is 0 Å². The van der Waals surface area contributed by atoms with Gasteiger partial charge in [0.1, 0.15) is 6.54 Å². The second-order valence-corrected chi connectivity index (χ2v) is 4.98. The average Bonchev–Trinajstić information content (AvgIpc) is 3.20. The van der Waals surface area contributed by atoms with E-state index in [2.05, 4.69) is 10.2 Å². The lowest BCUT2D eigenvalue weighted by Crippen LogP contribution is -2.15. The molecule has 0 aliphatic heterocycles. The zero-order valence-electron chi connectivity index (χ0n) is 11.0. The third-order valence-corrected chi connectivity index (χ3v) is 3.36. The molecule has 0 unspecified atom stereocenters. The molecule has 0 aliphatic carbocycles. The predicted molar refractivity (Wildman–Crippen MR) is 76.6 cm³/mol. The summed E-state index contributed by atoms with van der Waals surface area (Å²) in [5.41, 5.74) is 1.01. The van der Waals surface area contributed by atoms with Gasteiger partial charge in [-0.25, -0.2) is 4.79 Å². The van der Waals surface area contributed by atoms with Crippen LogP contribution >= 0.6 is 11.6 Å². The monoisotopic (exact) mass is 317 g/mol. The van der Waals surface area contributed by atoms with Crippen LogP contribution in [0.15, 0.2) is 54.6 Å². The molecule has 8 heteroatoms. The van der Waals surface area contributed by atoms with Gasteiger partial charge in [-0.3, -0.25) is 4.57 Å². The Bertz CT molecular complexity index is 997. The third-order valence-electron chi connectivity index (χ3n) is 3.12. The number of hydrogen-bond donors (Lipinski definition) is 0. The minimum absolute atomic E-state index is 0.0984. The lowest BCUT2D eigenvalue weighted by Gasteiger charge is -1.97. The van der Waals surface area contributed by atoms with E-state index in [4.69, 9.17) is 24.9 Å². The third kappa shape index (κ3) is 2.11. The van der Waals surface area contributed by atoms with Gasteiger partial charge in [-0.1, -0.05) is 11.6 Å². The van der Waals surface area contributed by atoms with Crippen molar-refractivity contribution < 1.29 is 13.3 Å². The molecule has 0 saturated carbocycles. The van der Waals surface area contributed by atoms with Crippen LogP contribution in [0.4, 0.5) is 0 Å². The van der Waals surface area contributed by atoms with Gasteiger partial charge in [-0.2, -0.15) is 0 Å². The first-order valence-corrected chi connectivity index (χ1v) is 6.73. The number of hydrogen-bond acceptors (Lipinski definition) is 6. The summed E-state index contributed by atoms with van der Waals surface area (Å²) in [6.45, 7) is 0.0984. The van der Waals surface area contributed by atoms with Gasteiger partial charge < -0.3 is 13.3 Å². The number of oxazole rings is 1. The molecule has 0 fully saturated rings. The first-order valence-electron chi connectivity index (χ1n) is 6.36. The second-order valence-electron chi connectivity index (χ2n) is 4.54. The molecule has 3 heterocycles. The van der Waals surface area contributed by atoms with Crippen molar-refractivity contribution in [2.24, 2.45) is 0 Å². The number of nitrogens with zero attached hydrogens (tertiary/aromatic N) is 3. The van der Waals surface area contributed by atoms with Crippen LogP contribution in [0, 0.1) is 0 Å². The molecule has 3 aromatic heterocycles. The molecule has 0 saturated heterocycles. The average molecular weight is 318 g/mol. The van der Waals surface area contributed by atoms with Crippen LogP contribution in [0.1, 0.15) is 5.89 Å². The molecular weight excluding hydrogens is 310 g/mol. The first-order chi connectivity index (χ1) is 10.7. The first kappa shape index (κ1) is 12.9. The molecule has 0 amide bonds. The van der Waals surface area contributed by atoms with Gasteiger partial charge in [0.15, 0.2) is 11.3 Å². The summed E-state index contributed by atoms with van der Waals surface area (Å²) < 4.78 is 17.2.